The molecule has 1 N–H and O–H groups in total. The van der Waals surface area contributed by atoms with Crippen LogP contribution < -0.4 is 9.62 Å². The lowest BCUT2D eigenvalue weighted by molar-refractivity contribution is 0.102. The molecule has 2 aromatic carbocycles. The fourth-order valence-electron chi connectivity index (χ4n) is 2.89. The molecular formula is C22H24N2O3S2. The van der Waals surface area contributed by atoms with Crippen LogP contribution in [0, 0.1) is 13.8 Å². The number of hydrogen-bond donors (Lipinski definition) is 1. The minimum absolute atomic E-state index is 0.00547. The van der Waals surface area contributed by atoms with Gasteiger partial charge >= 0.3 is 0 Å². The van der Waals surface area contributed by atoms with Crippen LogP contribution in [0.4, 0.5) is 11.4 Å². The highest BCUT2D eigenvalue weighted by Crippen LogP contribution is 2.29. The van der Waals surface area contributed by atoms with Gasteiger partial charge in [-0.3, -0.25) is 9.10 Å². The van der Waals surface area contributed by atoms with Crippen molar-refractivity contribution < 1.29 is 13.2 Å². The van der Waals surface area contributed by atoms with Crippen LogP contribution in [-0.4, -0.2) is 21.4 Å². The number of sulfonamides is 1. The predicted octanol–water partition coefficient (Wildman–Crippen LogP) is 5.00. The number of thiophene rings is 1. The second-order valence-electron chi connectivity index (χ2n) is 6.86. The lowest BCUT2D eigenvalue weighted by atomic mass is 10.1. The number of carbonyl (C=O) groups excluding carboxylic acids is 1. The Balaban J connectivity index is 1.88. The highest BCUT2D eigenvalue weighted by molar-refractivity contribution is 7.93. The van der Waals surface area contributed by atoms with Crippen molar-refractivity contribution >= 4 is 38.6 Å². The maximum atomic E-state index is 13.2. The topological polar surface area (TPSA) is 66.5 Å². The molecule has 3 aromatic rings. The van der Waals surface area contributed by atoms with Gasteiger partial charge in [-0.2, -0.15) is 0 Å². The summed E-state index contributed by atoms with van der Waals surface area (Å²) in [4.78, 5) is 12.9. The molecule has 5 nitrogen and oxygen atoms in total. The second-order valence-corrected chi connectivity index (χ2v) is 9.71. The molecular weight excluding hydrogens is 404 g/mol. The van der Waals surface area contributed by atoms with Crippen molar-refractivity contribution in [2.45, 2.75) is 32.1 Å². The molecule has 0 saturated carbocycles. The molecule has 0 radical (unpaired) electrons. The van der Waals surface area contributed by atoms with Crippen molar-refractivity contribution in [1.82, 2.24) is 0 Å². The molecule has 1 heterocycles. The summed E-state index contributed by atoms with van der Waals surface area (Å²) in [7, 11) is -2.37. The molecule has 1 aromatic heterocycles. The van der Waals surface area contributed by atoms with Crippen molar-refractivity contribution in [1.29, 1.82) is 0 Å². The van der Waals surface area contributed by atoms with E-state index < -0.39 is 15.9 Å². The van der Waals surface area contributed by atoms with Gasteiger partial charge in [-0.1, -0.05) is 25.1 Å². The summed E-state index contributed by atoms with van der Waals surface area (Å²) in [6.07, 6.45) is 0.909. The van der Waals surface area contributed by atoms with Gasteiger partial charge in [-0.05, 0) is 72.7 Å². The number of hydrogen-bond acceptors (Lipinski definition) is 4. The van der Waals surface area contributed by atoms with E-state index in [1.54, 1.807) is 11.4 Å². The predicted molar refractivity (Wildman–Crippen MR) is 120 cm³/mol. The molecule has 3 rings (SSSR count). The van der Waals surface area contributed by atoms with Crippen LogP contribution in [-0.2, 0) is 16.4 Å². The van der Waals surface area contributed by atoms with Gasteiger partial charge in [-0.25, -0.2) is 8.42 Å². The Morgan fingerprint density at radius 1 is 1.03 bits per heavy atom. The molecule has 7 heteroatoms. The van der Waals surface area contributed by atoms with Gasteiger partial charge in [0.2, 0.25) is 0 Å². The molecule has 29 heavy (non-hydrogen) atoms. The quantitative estimate of drug-likeness (QED) is 0.600. The zero-order valence-electron chi connectivity index (χ0n) is 16.9. The number of benzene rings is 2. The lowest BCUT2D eigenvalue weighted by Crippen LogP contribution is -2.28. The van der Waals surface area contributed by atoms with Crippen LogP contribution in [0.3, 0.4) is 0 Å². The molecule has 0 spiro atoms. The summed E-state index contributed by atoms with van der Waals surface area (Å²) in [5, 5.41) is 4.41. The zero-order valence-corrected chi connectivity index (χ0v) is 18.5. The molecule has 0 fully saturated rings. The van der Waals surface area contributed by atoms with E-state index in [1.807, 2.05) is 50.2 Å². The van der Waals surface area contributed by atoms with Gasteiger partial charge in [0.1, 0.15) is 9.77 Å². The van der Waals surface area contributed by atoms with E-state index in [-0.39, 0.29) is 9.77 Å². The molecule has 0 saturated heterocycles. The monoisotopic (exact) mass is 428 g/mol. The molecule has 0 aliphatic rings. The standard InChI is InChI=1S/C22H24N2O3S2/c1-5-17-7-9-18(10-8-17)23-22(25)21-20(12-13-28-21)29(26,27)24(4)19-11-6-15(2)16(3)14-19/h6-14H,5H2,1-4H3,(H,23,25). The maximum absolute atomic E-state index is 13.2. The Bertz CT molecular complexity index is 1130. The number of aryl methyl sites for hydroxylation is 3. The number of rotatable bonds is 6. The van der Waals surface area contributed by atoms with Gasteiger partial charge in [0, 0.05) is 12.7 Å². The first-order valence-corrected chi connectivity index (χ1v) is 11.6. The Morgan fingerprint density at radius 3 is 2.34 bits per heavy atom. The first-order chi connectivity index (χ1) is 13.7. The summed E-state index contributed by atoms with van der Waals surface area (Å²) in [5.74, 6) is -0.434. The number of carbonyl (C=O) groups is 1. The average Bonchev–Trinajstić information content (AvgIpc) is 3.21. The van der Waals surface area contributed by atoms with E-state index in [0.29, 0.717) is 11.4 Å². The van der Waals surface area contributed by atoms with Gasteiger partial charge < -0.3 is 5.32 Å². The van der Waals surface area contributed by atoms with E-state index in [2.05, 4.69) is 12.2 Å². The van der Waals surface area contributed by atoms with Gasteiger partial charge in [0.25, 0.3) is 15.9 Å². The first kappa shape index (κ1) is 21.1. The van der Waals surface area contributed by atoms with E-state index in [1.165, 1.54) is 17.4 Å². The number of amides is 1. The minimum atomic E-state index is -3.87. The second kappa shape index (κ2) is 8.39. The van der Waals surface area contributed by atoms with Crippen molar-refractivity contribution in [2.24, 2.45) is 0 Å². The number of anilines is 2. The van der Waals surface area contributed by atoms with Crippen LogP contribution in [0.1, 0.15) is 33.3 Å². The Labute approximate surface area is 176 Å². The first-order valence-electron chi connectivity index (χ1n) is 9.28. The zero-order chi connectivity index (χ0) is 21.2. The van der Waals surface area contributed by atoms with E-state index in [0.717, 1.165) is 34.4 Å². The summed E-state index contributed by atoms with van der Waals surface area (Å²) in [5.41, 5.74) is 4.44. The van der Waals surface area contributed by atoms with Crippen LogP contribution in [0.15, 0.2) is 58.8 Å². The SMILES string of the molecule is CCc1ccc(NC(=O)c2sccc2S(=O)(=O)N(C)c2ccc(C)c(C)c2)cc1. The number of nitrogens with zero attached hydrogens (tertiary/aromatic N) is 1. The van der Waals surface area contributed by atoms with E-state index in [9.17, 15) is 13.2 Å². The fraction of sp³-hybridized carbons (Fsp3) is 0.227. The smallest absolute Gasteiger partial charge is 0.267 e. The summed E-state index contributed by atoms with van der Waals surface area (Å²) in [6.45, 7) is 5.97. The Hall–Kier alpha value is -2.64. The Kier molecular flexibility index (Phi) is 6.10. The van der Waals surface area contributed by atoms with Crippen molar-refractivity contribution in [3.05, 3.63) is 75.5 Å². The summed E-state index contributed by atoms with van der Waals surface area (Å²) < 4.78 is 27.6. The van der Waals surface area contributed by atoms with Crippen LogP contribution >= 0.6 is 11.3 Å². The highest BCUT2D eigenvalue weighted by Gasteiger charge is 2.28. The molecule has 0 bridgehead atoms. The fourth-order valence-corrected chi connectivity index (χ4v) is 5.37. The van der Waals surface area contributed by atoms with Crippen molar-refractivity contribution in [3.8, 4) is 0 Å². The van der Waals surface area contributed by atoms with Crippen molar-refractivity contribution in [2.75, 3.05) is 16.7 Å². The molecule has 0 aliphatic heterocycles. The average molecular weight is 429 g/mol. The molecule has 1 amide bonds. The molecule has 152 valence electrons. The molecule has 0 atom stereocenters. The number of nitrogens with one attached hydrogen (secondary N) is 1. The molecule has 0 unspecified atom stereocenters. The van der Waals surface area contributed by atoms with E-state index in [4.69, 9.17) is 0 Å². The largest absolute Gasteiger partial charge is 0.321 e. The van der Waals surface area contributed by atoms with Crippen LogP contribution in [0.2, 0.25) is 0 Å². The van der Waals surface area contributed by atoms with E-state index >= 15 is 0 Å². The van der Waals surface area contributed by atoms with Crippen LogP contribution in [0.25, 0.3) is 0 Å². The van der Waals surface area contributed by atoms with Crippen LogP contribution in [0.5, 0.6) is 0 Å². The molecule has 0 aliphatic carbocycles. The minimum Gasteiger partial charge on any atom is -0.321 e. The Morgan fingerprint density at radius 2 is 1.72 bits per heavy atom. The normalized spacial score (nSPS) is 11.3. The van der Waals surface area contributed by atoms with Crippen molar-refractivity contribution in [3.63, 3.8) is 0 Å². The third kappa shape index (κ3) is 4.36. The maximum Gasteiger partial charge on any atom is 0.267 e. The highest BCUT2D eigenvalue weighted by atomic mass is 32.2. The van der Waals surface area contributed by atoms with Gasteiger partial charge in [0.05, 0.1) is 5.69 Å². The lowest BCUT2D eigenvalue weighted by Gasteiger charge is -2.20. The van der Waals surface area contributed by atoms with Gasteiger partial charge in [-0.15, -0.1) is 11.3 Å². The van der Waals surface area contributed by atoms with Gasteiger partial charge in [0.15, 0.2) is 0 Å². The summed E-state index contributed by atoms with van der Waals surface area (Å²) in [6, 6.07) is 14.5. The third-order valence-corrected chi connectivity index (χ3v) is 7.82. The third-order valence-electron chi connectivity index (χ3n) is 4.95. The summed E-state index contributed by atoms with van der Waals surface area (Å²) >= 11 is 1.11.